The Kier molecular flexibility index (Phi) is 4.92. The van der Waals surface area contributed by atoms with Crippen LogP contribution in [0.2, 0.25) is 5.02 Å². The first kappa shape index (κ1) is 14.4. The molecule has 0 spiro atoms. The molecule has 17 heavy (non-hydrogen) atoms. The molecule has 2 N–H and O–H groups in total. The van der Waals surface area contributed by atoms with E-state index in [1.54, 1.807) is 6.92 Å². The van der Waals surface area contributed by atoms with Crippen LogP contribution in [0.25, 0.3) is 0 Å². The Balaban J connectivity index is 2.71. The maximum Gasteiger partial charge on any atom is 0.123 e. The normalized spacial score (nSPS) is 15.0. The van der Waals surface area contributed by atoms with Crippen LogP contribution < -0.4 is 5.32 Å². The minimum atomic E-state index is -0.943. The maximum absolute atomic E-state index is 13.1. The van der Waals surface area contributed by atoms with Gasteiger partial charge in [0.1, 0.15) is 5.82 Å². The molecule has 0 saturated carbocycles. The number of aliphatic hydroxyl groups is 1. The Morgan fingerprint density at radius 1 is 1.47 bits per heavy atom. The van der Waals surface area contributed by atoms with Crippen LogP contribution in [0.5, 0.6) is 0 Å². The lowest BCUT2D eigenvalue weighted by Gasteiger charge is -2.25. The van der Waals surface area contributed by atoms with Crippen LogP contribution in [0.15, 0.2) is 18.2 Å². The van der Waals surface area contributed by atoms with Crippen molar-refractivity contribution in [2.45, 2.75) is 38.8 Å². The molecule has 96 valence electrons. The SMILES string of the molecule is CC(C)NCC(C)(O)Cc1cc(F)ccc1Cl. The third-order valence-electron chi connectivity index (χ3n) is 2.47. The Morgan fingerprint density at radius 3 is 2.71 bits per heavy atom. The molecule has 0 amide bonds. The van der Waals surface area contributed by atoms with Crippen molar-refractivity contribution < 1.29 is 9.50 Å². The minimum absolute atomic E-state index is 0.296. The van der Waals surface area contributed by atoms with Gasteiger partial charge in [0.25, 0.3) is 0 Å². The molecule has 0 saturated heterocycles. The predicted octanol–water partition coefficient (Wildman–Crippen LogP) is 2.77. The molecule has 1 rings (SSSR count). The van der Waals surface area contributed by atoms with Crippen molar-refractivity contribution in [2.75, 3.05) is 6.54 Å². The number of hydrogen-bond acceptors (Lipinski definition) is 2. The van der Waals surface area contributed by atoms with Gasteiger partial charge in [0.05, 0.1) is 5.60 Å². The zero-order chi connectivity index (χ0) is 13.1. The highest BCUT2D eigenvalue weighted by molar-refractivity contribution is 6.31. The Bertz CT molecular complexity index is 380. The molecule has 0 aromatic heterocycles. The van der Waals surface area contributed by atoms with Crippen LogP contribution in [0.3, 0.4) is 0 Å². The van der Waals surface area contributed by atoms with E-state index in [9.17, 15) is 9.50 Å². The van der Waals surface area contributed by atoms with Gasteiger partial charge in [-0.05, 0) is 30.7 Å². The molecule has 0 fully saturated rings. The Morgan fingerprint density at radius 2 is 2.12 bits per heavy atom. The van der Waals surface area contributed by atoms with Gasteiger partial charge in [-0.3, -0.25) is 0 Å². The summed E-state index contributed by atoms with van der Waals surface area (Å²) in [5, 5.41) is 13.8. The summed E-state index contributed by atoms with van der Waals surface area (Å²) >= 11 is 5.97. The van der Waals surface area contributed by atoms with E-state index >= 15 is 0 Å². The first-order chi connectivity index (χ1) is 7.80. The van der Waals surface area contributed by atoms with Gasteiger partial charge in [0.2, 0.25) is 0 Å². The molecular formula is C13H19ClFNO. The molecule has 0 aliphatic carbocycles. The summed E-state index contributed by atoms with van der Waals surface area (Å²) in [6.07, 6.45) is 0.323. The zero-order valence-corrected chi connectivity index (χ0v) is 11.2. The van der Waals surface area contributed by atoms with Crippen LogP contribution in [0.4, 0.5) is 4.39 Å². The summed E-state index contributed by atoms with van der Waals surface area (Å²) in [6, 6.07) is 4.49. The number of halogens is 2. The number of benzene rings is 1. The fourth-order valence-corrected chi connectivity index (χ4v) is 1.76. The molecule has 0 bridgehead atoms. The van der Waals surface area contributed by atoms with Gasteiger partial charge in [-0.25, -0.2) is 4.39 Å². The third kappa shape index (κ3) is 5.02. The van der Waals surface area contributed by atoms with Crippen LogP contribution in [0.1, 0.15) is 26.3 Å². The van der Waals surface area contributed by atoms with Gasteiger partial charge in [-0.2, -0.15) is 0 Å². The predicted molar refractivity (Wildman–Crippen MR) is 68.9 cm³/mol. The average Bonchev–Trinajstić information content (AvgIpc) is 2.20. The van der Waals surface area contributed by atoms with E-state index < -0.39 is 5.60 Å². The van der Waals surface area contributed by atoms with Crippen molar-refractivity contribution in [1.82, 2.24) is 5.32 Å². The highest BCUT2D eigenvalue weighted by Crippen LogP contribution is 2.22. The highest BCUT2D eigenvalue weighted by Gasteiger charge is 2.22. The van der Waals surface area contributed by atoms with Crippen molar-refractivity contribution in [2.24, 2.45) is 0 Å². The Hall–Kier alpha value is -0.640. The van der Waals surface area contributed by atoms with Crippen LogP contribution in [0, 0.1) is 5.82 Å². The van der Waals surface area contributed by atoms with Crippen LogP contribution in [-0.4, -0.2) is 23.3 Å². The van der Waals surface area contributed by atoms with Gasteiger partial charge >= 0.3 is 0 Å². The summed E-state index contributed by atoms with van der Waals surface area (Å²) in [5.41, 5.74) is -0.316. The van der Waals surface area contributed by atoms with E-state index in [0.29, 0.717) is 29.6 Å². The van der Waals surface area contributed by atoms with Gasteiger partial charge in [-0.1, -0.05) is 25.4 Å². The summed E-state index contributed by atoms with van der Waals surface area (Å²) in [6.45, 7) is 6.16. The zero-order valence-electron chi connectivity index (χ0n) is 10.4. The molecule has 0 radical (unpaired) electrons. The van der Waals surface area contributed by atoms with Gasteiger partial charge in [0, 0.05) is 24.0 Å². The van der Waals surface area contributed by atoms with Gasteiger partial charge < -0.3 is 10.4 Å². The first-order valence-electron chi connectivity index (χ1n) is 5.70. The minimum Gasteiger partial charge on any atom is -0.389 e. The fraction of sp³-hybridized carbons (Fsp3) is 0.538. The topological polar surface area (TPSA) is 32.3 Å². The quantitative estimate of drug-likeness (QED) is 0.852. The second-order valence-corrected chi connectivity index (χ2v) is 5.35. The monoisotopic (exact) mass is 259 g/mol. The maximum atomic E-state index is 13.1. The van der Waals surface area contributed by atoms with E-state index in [0.717, 1.165) is 0 Å². The van der Waals surface area contributed by atoms with Crippen molar-refractivity contribution in [3.8, 4) is 0 Å². The summed E-state index contributed by atoms with van der Waals surface area (Å²) in [7, 11) is 0. The third-order valence-corrected chi connectivity index (χ3v) is 2.84. The van der Waals surface area contributed by atoms with E-state index in [2.05, 4.69) is 5.32 Å². The lowest BCUT2D eigenvalue weighted by molar-refractivity contribution is 0.0581. The van der Waals surface area contributed by atoms with Crippen molar-refractivity contribution >= 4 is 11.6 Å². The molecule has 0 aliphatic heterocycles. The fourth-order valence-electron chi connectivity index (χ4n) is 1.58. The number of rotatable bonds is 5. The second kappa shape index (κ2) is 5.80. The molecule has 1 aromatic carbocycles. The number of nitrogens with one attached hydrogen (secondary N) is 1. The van der Waals surface area contributed by atoms with Gasteiger partial charge in [0.15, 0.2) is 0 Å². The summed E-state index contributed by atoms with van der Waals surface area (Å²) in [4.78, 5) is 0. The van der Waals surface area contributed by atoms with Gasteiger partial charge in [-0.15, -0.1) is 0 Å². The largest absolute Gasteiger partial charge is 0.389 e. The smallest absolute Gasteiger partial charge is 0.123 e. The first-order valence-corrected chi connectivity index (χ1v) is 6.08. The van der Waals surface area contributed by atoms with Crippen molar-refractivity contribution in [1.29, 1.82) is 0 Å². The van der Waals surface area contributed by atoms with E-state index in [1.165, 1.54) is 18.2 Å². The van der Waals surface area contributed by atoms with E-state index in [-0.39, 0.29) is 5.82 Å². The molecule has 2 nitrogen and oxygen atoms in total. The molecule has 1 atom stereocenters. The molecular weight excluding hydrogens is 241 g/mol. The highest BCUT2D eigenvalue weighted by atomic mass is 35.5. The Labute approximate surface area is 107 Å². The molecule has 1 unspecified atom stereocenters. The molecule has 0 heterocycles. The summed E-state index contributed by atoms with van der Waals surface area (Å²) in [5.74, 6) is -0.336. The lowest BCUT2D eigenvalue weighted by Crippen LogP contribution is -2.42. The second-order valence-electron chi connectivity index (χ2n) is 4.95. The lowest BCUT2D eigenvalue weighted by atomic mass is 9.96. The van der Waals surface area contributed by atoms with Crippen LogP contribution >= 0.6 is 11.6 Å². The van der Waals surface area contributed by atoms with Crippen LogP contribution in [-0.2, 0) is 6.42 Å². The standard InChI is InChI=1S/C13H19ClFNO/c1-9(2)16-8-13(3,17)7-10-6-11(15)4-5-12(10)14/h4-6,9,16-17H,7-8H2,1-3H3. The number of hydrogen-bond donors (Lipinski definition) is 2. The molecule has 4 heteroatoms. The molecule has 1 aromatic rings. The van der Waals surface area contributed by atoms with Crippen molar-refractivity contribution in [3.05, 3.63) is 34.6 Å². The van der Waals surface area contributed by atoms with Crippen molar-refractivity contribution in [3.63, 3.8) is 0 Å². The van der Waals surface area contributed by atoms with E-state index in [1.807, 2.05) is 13.8 Å². The molecule has 0 aliphatic rings. The van der Waals surface area contributed by atoms with E-state index in [4.69, 9.17) is 11.6 Å². The average molecular weight is 260 g/mol. The summed E-state index contributed by atoms with van der Waals surface area (Å²) < 4.78 is 13.1.